The summed E-state index contributed by atoms with van der Waals surface area (Å²) in [6.45, 7) is 4.24. The Morgan fingerprint density at radius 2 is 0.759 bits per heavy atom. The molecular formula is C49H97NO4. The Kier molecular flexibility index (Phi) is 44.0. The van der Waals surface area contributed by atoms with Crippen LogP contribution in [0.2, 0.25) is 0 Å². The number of carbonyl (C=O) groups excluding carboxylic acids is 1. The highest BCUT2D eigenvalue weighted by atomic mass is 16.3. The molecule has 0 aromatic rings. The number of amides is 1. The number of aliphatic hydroxyl groups is 3. The molecule has 54 heavy (non-hydrogen) atoms. The van der Waals surface area contributed by atoms with E-state index in [1.54, 1.807) is 6.08 Å². The third kappa shape index (κ3) is 40.7. The lowest BCUT2D eigenvalue weighted by Gasteiger charge is -2.21. The zero-order chi connectivity index (χ0) is 39.4. The maximum Gasteiger partial charge on any atom is 0.222 e. The second-order valence-electron chi connectivity index (χ2n) is 17.1. The first-order valence-corrected chi connectivity index (χ1v) is 24.5. The molecule has 5 nitrogen and oxygen atoms in total. The SMILES string of the molecule is CCCCCCCCCCCCCCCCCCCC/C=C/C(O)C(CO)NC(=O)CC(O)CCCCCCCCCCCCCCCCCCCCC. The third-order valence-electron chi connectivity index (χ3n) is 11.6. The van der Waals surface area contributed by atoms with Crippen molar-refractivity contribution in [3.8, 4) is 0 Å². The van der Waals surface area contributed by atoms with Gasteiger partial charge in [0.1, 0.15) is 0 Å². The van der Waals surface area contributed by atoms with Crippen molar-refractivity contribution < 1.29 is 20.1 Å². The van der Waals surface area contributed by atoms with Crippen LogP contribution in [-0.2, 0) is 4.79 Å². The van der Waals surface area contributed by atoms with Gasteiger partial charge in [0, 0.05) is 0 Å². The van der Waals surface area contributed by atoms with Crippen LogP contribution in [0.1, 0.15) is 271 Å². The summed E-state index contributed by atoms with van der Waals surface area (Å²) in [6, 6.07) is -0.740. The fourth-order valence-corrected chi connectivity index (χ4v) is 7.81. The summed E-state index contributed by atoms with van der Waals surface area (Å²) in [7, 11) is 0. The molecule has 0 rings (SSSR count). The third-order valence-corrected chi connectivity index (χ3v) is 11.6. The molecule has 0 radical (unpaired) electrons. The molecule has 0 saturated heterocycles. The van der Waals surface area contributed by atoms with Gasteiger partial charge in [0.05, 0.1) is 31.3 Å². The van der Waals surface area contributed by atoms with Gasteiger partial charge in [-0.15, -0.1) is 0 Å². The summed E-state index contributed by atoms with van der Waals surface area (Å²) in [5.74, 6) is -0.310. The van der Waals surface area contributed by atoms with Crippen molar-refractivity contribution in [2.24, 2.45) is 0 Å². The maximum absolute atomic E-state index is 12.5. The fraction of sp³-hybridized carbons (Fsp3) is 0.939. The minimum absolute atomic E-state index is 0.0191. The van der Waals surface area contributed by atoms with Crippen LogP contribution in [0.4, 0.5) is 0 Å². The quantitative estimate of drug-likeness (QED) is 0.0367. The average molecular weight is 764 g/mol. The molecule has 0 fully saturated rings. The van der Waals surface area contributed by atoms with Crippen molar-refractivity contribution in [1.82, 2.24) is 5.32 Å². The van der Waals surface area contributed by atoms with Gasteiger partial charge in [0.15, 0.2) is 0 Å². The van der Waals surface area contributed by atoms with E-state index in [-0.39, 0.29) is 18.9 Å². The van der Waals surface area contributed by atoms with Crippen LogP contribution in [0.5, 0.6) is 0 Å². The Balaban J connectivity index is 3.60. The van der Waals surface area contributed by atoms with Crippen molar-refractivity contribution in [2.45, 2.75) is 289 Å². The summed E-state index contributed by atoms with van der Waals surface area (Å²) in [6.07, 6.45) is 53.7. The maximum atomic E-state index is 12.5. The number of nitrogens with one attached hydrogen (secondary N) is 1. The monoisotopic (exact) mass is 764 g/mol. The highest BCUT2D eigenvalue weighted by molar-refractivity contribution is 5.76. The minimum Gasteiger partial charge on any atom is -0.394 e. The molecule has 0 aromatic carbocycles. The molecule has 0 aliphatic carbocycles. The number of rotatable bonds is 45. The number of allylic oxidation sites excluding steroid dienone is 1. The van der Waals surface area contributed by atoms with Crippen LogP contribution in [0, 0.1) is 0 Å². The minimum atomic E-state index is -0.925. The lowest BCUT2D eigenvalue weighted by molar-refractivity contribution is -0.124. The van der Waals surface area contributed by atoms with E-state index < -0.39 is 18.2 Å². The number of carbonyl (C=O) groups is 1. The van der Waals surface area contributed by atoms with Gasteiger partial charge in [-0.3, -0.25) is 4.79 Å². The molecule has 5 heteroatoms. The zero-order valence-electron chi connectivity index (χ0n) is 36.6. The van der Waals surface area contributed by atoms with E-state index in [1.165, 1.54) is 218 Å². The number of aliphatic hydroxyl groups excluding tert-OH is 3. The Labute approximate surface area is 338 Å². The normalized spacial score (nSPS) is 13.5. The first kappa shape index (κ1) is 53.1. The first-order chi connectivity index (χ1) is 26.5. The van der Waals surface area contributed by atoms with Crippen molar-refractivity contribution in [1.29, 1.82) is 0 Å². The molecule has 3 unspecified atom stereocenters. The lowest BCUT2D eigenvalue weighted by atomic mass is 10.0. The van der Waals surface area contributed by atoms with Crippen molar-refractivity contribution in [2.75, 3.05) is 6.61 Å². The van der Waals surface area contributed by atoms with E-state index in [4.69, 9.17) is 0 Å². The van der Waals surface area contributed by atoms with Crippen LogP contribution < -0.4 is 5.32 Å². The standard InChI is InChI=1S/C49H97NO4/c1-3-5-7-9-11-13-15-17-19-21-23-25-27-29-31-33-35-37-39-41-43-48(53)47(45-51)50-49(54)44-46(52)42-40-38-36-34-32-30-28-26-24-22-20-18-16-14-12-10-8-6-4-2/h41,43,46-48,51-53H,3-40,42,44-45H2,1-2H3,(H,50,54)/b43-41+. The smallest absolute Gasteiger partial charge is 0.222 e. The Morgan fingerprint density at radius 3 is 1.07 bits per heavy atom. The Hall–Kier alpha value is -0.910. The van der Waals surface area contributed by atoms with Gasteiger partial charge in [0.2, 0.25) is 5.91 Å². The van der Waals surface area contributed by atoms with E-state index >= 15 is 0 Å². The predicted octanol–water partition coefficient (Wildman–Crippen LogP) is 14.4. The zero-order valence-corrected chi connectivity index (χ0v) is 36.6. The summed E-state index contributed by atoms with van der Waals surface area (Å²) >= 11 is 0. The highest BCUT2D eigenvalue weighted by Gasteiger charge is 2.20. The van der Waals surface area contributed by atoms with Gasteiger partial charge in [-0.05, 0) is 19.3 Å². The first-order valence-electron chi connectivity index (χ1n) is 24.5. The lowest BCUT2D eigenvalue weighted by Crippen LogP contribution is -2.45. The second kappa shape index (κ2) is 44.8. The molecule has 0 aromatic heterocycles. The molecule has 4 N–H and O–H groups in total. The summed E-state index contributed by atoms with van der Waals surface area (Å²) in [5, 5.41) is 33.3. The van der Waals surface area contributed by atoms with Crippen LogP contribution in [-0.4, -0.2) is 46.1 Å². The molecule has 0 saturated carbocycles. The predicted molar refractivity (Wildman–Crippen MR) is 236 cm³/mol. The Bertz CT molecular complexity index is 758. The van der Waals surface area contributed by atoms with Gasteiger partial charge >= 0.3 is 0 Å². The molecular weight excluding hydrogens is 667 g/mol. The summed E-state index contributed by atoms with van der Waals surface area (Å²) in [4.78, 5) is 12.5. The molecule has 0 bridgehead atoms. The number of hydrogen-bond acceptors (Lipinski definition) is 4. The summed E-state index contributed by atoms with van der Waals surface area (Å²) < 4.78 is 0. The van der Waals surface area contributed by atoms with E-state index in [0.717, 1.165) is 25.7 Å². The van der Waals surface area contributed by atoms with Crippen molar-refractivity contribution >= 4 is 5.91 Å². The van der Waals surface area contributed by atoms with E-state index in [0.29, 0.717) is 6.42 Å². The van der Waals surface area contributed by atoms with Crippen LogP contribution in [0.3, 0.4) is 0 Å². The molecule has 1 amide bonds. The molecule has 0 aliphatic heterocycles. The van der Waals surface area contributed by atoms with Gasteiger partial charge < -0.3 is 20.6 Å². The van der Waals surface area contributed by atoms with E-state index in [1.807, 2.05) is 6.08 Å². The Morgan fingerprint density at radius 1 is 0.463 bits per heavy atom. The summed E-state index contributed by atoms with van der Waals surface area (Å²) in [5.41, 5.74) is 0. The van der Waals surface area contributed by atoms with Crippen LogP contribution in [0.25, 0.3) is 0 Å². The largest absolute Gasteiger partial charge is 0.394 e. The molecule has 3 atom stereocenters. The second-order valence-corrected chi connectivity index (χ2v) is 17.1. The van der Waals surface area contributed by atoms with Crippen LogP contribution >= 0.6 is 0 Å². The fourth-order valence-electron chi connectivity index (χ4n) is 7.81. The molecule has 0 spiro atoms. The van der Waals surface area contributed by atoms with Gasteiger partial charge in [-0.1, -0.05) is 257 Å². The van der Waals surface area contributed by atoms with Gasteiger partial charge in [-0.2, -0.15) is 0 Å². The van der Waals surface area contributed by atoms with E-state index in [9.17, 15) is 20.1 Å². The topological polar surface area (TPSA) is 89.8 Å². The van der Waals surface area contributed by atoms with Crippen LogP contribution in [0.15, 0.2) is 12.2 Å². The molecule has 0 aliphatic rings. The molecule has 0 heterocycles. The van der Waals surface area contributed by atoms with E-state index in [2.05, 4.69) is 19.2 Å². The number of unbranched alkanes of at least 4 members (excludes halogenated alkanes) is 36. The highest BCUT2D eigenvalue weighted by Crippen LogP contribution is 2.17. The average Bonchev–Trinajstić information content (AvgIpc) is 3.16. The van der Waals surface area contributed by atoms with Crippen molar-refractivity contribution in [3.63, 3.8) is 0 Å². The van der Waals surface area contributed by atoms with Gasteiger partial charge in [-0.25, -0.2) is 0 Å². The van der Waals surface area contributed by atoms with Crippen molar-refractivity contribution in [3.05, 3.63) is 12.2 Å². The molecule has 322 valence electrons. The van der Waals surface area contributed by atoms with Gasteiger partial charge in [0.25, 0.3) is 0 Å². The number of hydrogen-bond donors (Lipinski definition) is 4.